The summed E-state index contributed by atoms with van der Waals surface area (Å²) in [5.41, 5.74) is 2.79. The smallest absolute Gasteiger partial charge is 0.239 e. The second kappa shape index (κ2) is 6.18. The molecule has 1 N–H and O–H groups in total. The largest absolute Gasteiger partial charge is 0.378 e. The van der Waals surface area contributed by atoms with Crippen molar-refractivity contribution in [2.45, 2.75) is 31.8 Å². The van der Waals surface area contributed by atoms with Crippen molar-refractivity contribution >= 4 is 5.91 Å². The maximum atomic E-state index is 11.7. The van der Waals surface area contributed by atoms with Crippen molar-refractivity contribution < 1.29 is 14.4 Å². The minimum Gasteiger partial charge on any atom is -0.378 e. The molecule has 0 aromatic rings. The van der Waals surface area contributed by atoms with E-state index in [1.54, 1.807) is 0 Å². The normalized spacial score (nSPS) is 22.6. The Bertz CT molecular complexity index is 223. The van der Waals surface area contributed by atoms with Crippen molar-refractivity contribution in [3.05, 3.63) is 0 Å². The molecule has 0 bridgehead atoms. The summed E-state index contributed by atoms with van der Waals surface area (Å²) in [4.78, 5) is 18.9. The van der Waals surface area contributed by atoms with Gasteiger partial charge in [-0.25, -0.2) is 0 Å². The molecule has 1 saturated carbocycles. The summed E-state index contributed by atoms with van der Waals surface area (Å²) < 4.78 is 5.19. The van der Waals surface area contributed by atoms with Crippen LogP contribution < -0.4 is 5.48 Å². The van der Waals surface area contributed by atoms with Crippen molar-refractivity contribution in [1.82, 2.24) is 10.4 Å². The number of hydrogen-bond donors (Lipinski definition) is 1. The molecule has 0 atom stereocenters. The van der Waals surface area contributed by atoms with E-state index in [2.05, 4.69) is 5.48 Å². The zero-order valence-electron chi connectivity index (χ0n) is 9.61. The van der Waals surface area contributed by atoms with Gasteiger partial charge in [-0.1, -0.05) is 12.8 Å². The van der Waals surface area contributed by atoms with E-state index in [9.17, 15) is 4.79 Å². The molecule has 0 aromatic carbocycles. The molecule has 2 rings (SSSR count). The number of amides is 1. The minimum absolute atomic E-state index is 0.0984. The minimum atomic E-state index is 0.0984. The molecule has 1 aliphatic carbocycles. The Hall–Kier alpha value is -0.650. The van der Waals surface area contributed by atoms with Crippen LogP contribution in [0.1, 0.15) is 25.7 Å². The van der Waals surface area contributed by atoms with Crippen molar-refractivity contribution in [3.8, 4) is 0 Å². The molecule has 1 heterocycles. The van der Waals surface area contributed by atoms with Gasteiger partial charge in [0.15, 0.2) is 0 Å². The molecule has 2 fully saturated rings. The van der Waals surface area contributed by atoms with Crippen LogP contribution in [0.5, 0.6) is 0 Å². The highest BCUT2D eigenvalue weighted by Crippen LogP contribution is 2.19. The number of rotatable bonds is 4. The zero-order chi connectivity index (χ0) is 11.2. The summed E-state index contributed by atoms with van der Waals surface area (Å²) >= 11 is 0. The zero-order valence-corrected chi connectivity index (χ0v) is 9.61. The van der Waals surface area contributed by atoms with Crippen LogP contribution >= 0.6 is 0 Å². The topological polar surface area (TPSA) is 50.8 Å². The number of hydroxylamine groups is 1. The third-order valence-corrected chi connectivity index (χ3v) is 3.14. The lowest BCUT2D eigenvalue weighted by Crippen LogP contribution is -2.45. The van der Waals surface area contributed by atoms with Crippen LogP contribution in [0.2, 0.25) is 0 Å². The molecule has 0 spiro atoms. The van der Waals surface area contributed by atoms with E-state index in [4.69, 9.17) is 9.57 Å². The van der Waals surface area contributed by atoms with Crippen LogP contribution in [0.15, 0.2) is 0 Å². The third kappa shape index (κ3) is 3.43. The van der Waals surface area contributed by atoms with Gasteiger partial charge in [0, 0.05) is 13.1 Å². The van der Waals surface area contributed by atoms with Crippen LogP contribution in [0.3, 0.4) is 0 Å². The van der Waals surface area contributed by atoms with E-state index in [0.717, 1.165) is 12.8 Å². The first kappa shape index (κ1) is 11.8. The predicted octanol–water partition coefficient (Wildman–Crippen LogP) is 0.309. The Morgan fingerprint density at radius 1 is 1.31 bits per heavy atom. The Morgan fingerprint density at radius 2 is 2.00 bits per heavy atom. The van der Waals surface area contributed by atoms with E-state index in [1.165, 1.54) is 12.8 Å². The lowest BCUT2D eigenvalue weighted by molar-refractivity contribution is -0.138. The number of nitrogens with zero attached hydrogens (tertiary/aromatic N) is 1. The highest BCUT2D eigenvalue weighted by molar-refractivity contribution is 5.78. The molecular weight excluding hydrogens is 208 g/mol. The van der Waals surface area contributed by atoms with Crippen LogP contribution in [0.25, 0.3) is 0 Å². The van der Waals surface area contributed by atoms with Gasteiger partial charge in [0.25, 0.3) is 0 Å². The lowest BCUT2D eigenvalue weighted by atomic mass is 10.3. The predicted molar refractivity (Wildman–Crippen MR) is 58.7 cm³/mol. The average Bonchev–Trinajstić information content (AvgIpc) is 2.83. The van der Waals surface area contributed by atoms with E-state index < -0.39 is 0 Å². The highest BCUT2D eigenvalue weighted by Gasteiger charge is 2.18. The molecular formula is C11H20N2O3. The molecule has 1 saturated heterocycles. The quantitative estimate of drug-likeness (QED) is 0.704. The molecule has 2 aliphatic rings. The summed E-state index contributed by atoms with van der Waals surface area (Å²) in [5, 5.41) is 0. The number of morpholine rings is 1. The van der Waals surface area contributed by atoms with Gasteiger partial charge in [0.05, 0.1) is 19.3 Å². The summed E-state index contributed by atoms with van der Waals surface area (Å²) in [5.74, 6) is 0.0984. The van der Waals surface area contributed by atoms with Gasteiger partial charge in [-0.3, -0.25) is 9.63 Å². The fourth-order valence-corrected chi connectivity index (χ4v) is 2.15. The summed E-state index contributed by atoms with van der Waals surface area (Å²) in [7, 11) is 0. The first-order valence-corrected chi connectivity index (χ1v) is 6.10. The summed E-state index contributed by atoms with van der Waals surface area (Å²) in [6.07, 6.45) is 5.00. The van der Waals surface area contributed by atoms with Gasteiger partial charge in [-0.15, -0.1) is 0 Å². The van der Waals surface area contributed by atoms with Gasteiger partial charge >= 0.3 is 0 Å². The maximum Gasteiger partial charge on any atom is 0.239 e. The van der Waals surface area contributed by atoms with E-state index >= 15 is 0 Å². The number of carbonyl (C=O) groups is 1. The average molecular weight is 228 g/mol. The monoisotopic (exact) mass is 228 g/mol. The van der Waals surface area contributed by atoms with E-state index in [-0.39, 0.29) is 12.5 Å². The Balaban J connectivity index is 1.59. The summed E-state index contributed by atoms with van der Waals surface area (Å²) in [6, 6.07) is 0. The highest BCUT2D eigenvalue weighted by atomic mass is 16.7. The van der Waals surface area contributed by atoms with E-state index in [0.29, 0.717) is 32.4 Å². The van der Waals surface area contributed by atoms with Gasteiger partial charge in [0.2, 0.25) is 5.91 Å². The number of nitrogens with one attached hydrogen (secondary N) is 1. The summed E-state index contributed by atoms with van der Waals surface area (Å²) in [6.45, 7) is 2.97. The first-order chi connectivity index (χ1) is 7.86. The van der Waals surface area contributed by atoms with Crippen molar-refractivity contribution in [2.24, 2.45) is 0 Å². The molecule has 5 heteroatoms. The number of hydrogen-bond acceptors (Lipinski definition) is 4. The van der Waals surface area contributed by atoms with Crippen LogP contribution in [0.4, 0.5) is 0 Å². The molecule has 5 nitrogen and oxygen atoms in total. The fourth-order valence-electron chi connectivity index (χ4n) is 2.15. The molecule has 0 unspecified atom stereocenters. The second-order valence-electron chi connectivity index (χ2n) is 4.34. The van der Waals surface area contributed by atoms with Gasteiger partial charge < -0.3 is 9.64 Å². The second-order valence-corrected chi connectivity index (χ2v) is 4.34. The molecule has 1 amide bonds. The Kier molecular flexibility index (Phi) is 4.56. The van der Waals surface area contributed by atoms with Crippen LogP contribution in [-0.4, -0.2) is 49.8 Å². The van der Waals surface area contributed by atoms with Crippen LogP contribution in [0, 0.1) is 0 Å². The standard InChI is InChI=1S/C11H20N2O3/c14-11(13-5-7-15-8-6-13)9-12-16-10-3-1-2-4-10/h10,12H,1-9H2. The molecule has 0 aromatic heterocycles. The Labute approximate surface area is 96.0 Å². The van der Waals surface area contributed by atoms with E-state index in [1.807, 2.05) is 4.90 Å². The fraction of sp³-hybridized carbons (Fsp3) is 0.909. The van der Waals surface area contributed by atoms with Gasteiger partial charge in [-0.2, -0.15) is 5.48 Å². The lowest BCUT2D eigenvalue weighted by Gasteiger charge is -2.27. The molecule has 1 aliphatic heterocycles. The molecule has 0 radical (unpaired) electrons. The third-order valence-electron chi connectivity index (χ3n) is 3.14. The number of ether oxygens (including phenoxy) is 1. The van der Waals surface area contributed by atoms with Crippen molar-refractivity contribution in [3.63, 3.8) is 0 Å². The van der Waals surface area contributed by atoms with Crippen LogP contribution in [-0.2, 0) is 14.4 Å². The Morgan fingerprint density at radius 3 is 2.69 bits per heavy atom. The SMILES string of the molecule is O=C(CNOC1CCCC1)N1CCOCC1. The van der Waals surface area contributed by atoms with Gasteiger partial charge in [0.1, 0.15) is 6.54 Å². The first-order valence-electron chi connectivity index (χ1n) is 6.10. The van der Waals surface area contributed by atoms with Crippen molar-refractivity contribution in [1.29, 1.82) is 0 Å². The molecule has 92 valence electrons. The molecule has 16 heavy (non-hydrogen) atoms. The van der Waals surface area contributed by atoms with Gasteiger partial charge in [-0.05, 0) is 12.8 Å². The van der Waals surface area contributed by atoms with Crippen molar-refractivity contribution in [2.75, 3.05) is 32.8 Å². The number of carbonyl (C=O) groups excluding carboxylic acids is 1. The maximum absolute atomic E-state index is 11.7.